The number of anilines is 1. The van der Waals surface area contributed by atoms with Crippen molar-refractivity contribution < 1.29 is 4.79 Å². The summed E-state index contributed by atoms with van der Waals surface area (Å²) in [6, 6.07) is 9.55. The Bertz CT molecular complexity index is 457. The summed E-state index contributed by atoms with van der Waals surface area (Å²) >= 11 is 0. The fourth-order valence-corrected chi connectivity index (χ4v) is 1.41. The van der Waals surface area contributed by atoms with Crippen molar-refractivity contribution in [3.8, 4) is 6.07 Å². The van der Waals surface area contributed by atoms with E-state index in [0.717, 1.165) is 11.3 Å². The van der Waals surface area contributed by atoms with Crippen LogP contribution in [0, 0.1) is 17.2 Å². The first-order valence-electron chi connectivity index (χ1n) is 5.93. The van der Waals surface area contributed by atoms with Gasteiger partial charge < -0.3 is 11.1 Å². The van der Waals surface area contributed by atoms with Crippen LogP contribution in [0.2, 0.25) is 0 Å². The van der Waals surface area contributed by atoms with Crippen molar-refractivity contribution in [2.75, 3.05) is 11.9 Å². The second-order valence-electron chi connectivity index (χ2n) is 4.94. The molecule has 1 rings (SSSR count). The molecule has 0 fully saturated rings. The quantitative estimate of drug-likeness (QED) is 0.851. The molecule has 0 saturated heterocycles. The highest BCUT2D eigenvalue weighted by Crippen LogP contribution is 2.23. The summed E-state index contributed by atoms with van der Waals surface area (Å²) in [4.78, 5) is 11.6. The largest absolute Gasteiger partial charge is 0.330 e. The van der Waals surface area contributed by atoms with Crippen molar-refractivity contribution >= 4 is 11.6 Å². The molecule has 3 N–H and O–H groups in total. The summed E-state index contributed by atoms with van der Waals surface area (Å²) in [6.45, 7) is 5.82. The minimum atomic E-state index is -0.521. The maximum Gasteiger partial charge on any atom is 0.228 e. The molecular formula is C14H19N3O. The van der Waals surface area contributed by atoms with Crippen LogP contribution in [0.5, 0.6) is 0 Å². The molecule has 0 spiro atoms. The number of carbonyl (C=O) groups is 1. The lowest BCUT2D eigenvalue weighted by Gasteiger charge is -2.16. The van der Waals surface area contributed by atoms with Crippen LogP contribution in [-0.2, 0) is 10.2 Å². The van der Waals surface area contributed by atoms with Gasteiger partial charge in [-0.2, -0.15) is 5.26 Å². The van der Waals surface area contributed by atoms with Crippen molar-refractivity contribution in [1.29, 1.82) is 5.26 Å². The monoisotopic (exact) mass is 245 g/mol. The van der Waals surface area contributed by atoms with E-state index in [1.807, 2.05) is 26.0 Å². The summed E-state index contributed by atoms with van der Waals surface area (Å²) in [7, 11) is 0. The zero-order chi connectivity index (χ0) is 13.8. The van der Waals surface area contributed by atoms with Gasteiger partial charge in [0, 0.05) is 18.2 Å². The molecule has 0 saturated carbocycles. The number of nitrogens with one attached hydrogen (secondary N) is 1. The molecule has 0 aliphatic carbocycles. The Morgan fingerprint density at radius 2 is 2.00 bits per heavy atom. The Hall–Kier alpha value is -1.86. The number of rotatable bonds is 4. The van der Waals surface area contributed by atoms with Crippen molar-refractivity contribution in [2.24, 2.45) is 11.7 Å². The number of benzene rings is 1. The number of hydrogen-bond donors (Lipinski definition) is 2. The molecule has 96 valence electrons. The van der Waals surface area contributed by atoms with Gasteiger partial charge in [-0.15, -0.1) is 0 Å². The Labute approximate surface area is 108 Å². The summed E-state index contributed by atoms with van der Waals surface area (Å²) < 4.78 is 0. The molecule has 4 heteroatoms. The molecule has 0 bridgehead atoms. The molecule has 1 aromatic rings. The number of nitrogens with zero attached hydrogens (tertiary/aromatic N) is 1. The molecule has 0 aliphatic heterocycles. The van der Waals surface area contributed by atoms with E-state index in [4.69, 9.17) is 11.0 Å². The average Bonchev–Trinajstić information content (AvgIpc) is 2.38. The first-order chi connectivity index (χ1) is 8.40. The molecule has 1 amide bonds. The molecule has 1 atom stereocenters. The smallest absolute Gasteiger partial charge is 0.228 e. The van der Waals surface area contributed by atoms with Gasteiger partial charge in [0.25, 0.3) is 0 Å². The number of amides is 1. The second kappa shape index (κ2) is 5.65. The van der Waals surface area contributed by atoms with Crippen LogP contribution in [0.25, 0.3) is 0 Å². The van der Waals surface area contributed by atoms with Crippen LogP contribution in [-0.4, -0.2) is 12.5 Å². The van der Waals surface area contributed by atoms with E-state index in [1.165, 1.54) is 0 Å². The van der Waals surface area contributed by atoms with E-state index in [1.54, 1.807) is 19.1 Å². The van der Waals surface area contributed by atoms with E-state index in [0.29, 0.717) is 6.54 Å². The van der Waals surface area contributed by atoms with Crippen LogP contribution < -0.4 is 11.1 Å². The predicted molar refractivity (Wildman–Crippen MR) is 71.9 cm³/mol. The number of nitrogens with two attached hydrogens (primary N) is 1. The summed E-state index contributed by atoms with van der Waals surface area (Å²) in [5, 5.41) is 11.8. The van der Waals surface area contributed by atoms with Crippen LogP contribution >= 0.6 is 0 Å². The number of hydrogen-bond acceptors (Lipinski definition) is 3. The third-order valence-electron chi connectivity index (χ3n) is 2.95. The predicted octanol–water partition coefficient (Wildman–Crippen LogP) is 2.02. The third kappa shape index (κ3) is 3.31. The minimum Gasteiger partial charge on any atom is -0.330 e. The van der Waals surface area contributed by atoms with Crippen molar-refractivity contribution in [2.45, 2.75) is 26.2 Å². The van der Waals surface area contributed by atoms with Gasteiger partial charge in [-0.05, 0) is 31.5 Å². The number of nitriles is 1. The van der Waals surface area contributed by atoms with E-state index in [2.05, 4.69) is 11.4 Å². The van der Waals surface area contributed by atoms with Gasteiger partial charge in [-0.1, -0.05) is 19.1 Å². The Balaban J connectivity index is 2.79. The van der Waals surface area contributed by atoms with E-state index in [9.17, 15) is 4.79 Å². The highest BCUT2D eigenvalue weighted by Gasteiger charge is 2.19. The third-order valence-corrected chi connectivity index (χ3v) is 2.95. The maximum atomic E-state index is 11.6. The van der Waals surface area contributed by atoms with Crippen molar-refractivity contribution in [3.05, 3.63) is 29.8 Å². The zero-order valence-corrected chi connectivity index (χ0v) is 11.0. The van der Waals surface area contributed by atoms with Crippen LogP contribution in [0.1, 0.15) is 26.3 Å². The van der Waals surface area contributed by atoms with E-state index in [-0.39, 0.29) is 11.8 Å². The average molecular weight is 245 g/mol. The first kappa shape index (κ1) is 14.2. The lowest BCUT2D eigenvalue weighted by molar-refractivity contribution is -0.119. The summed E-state index contributed by atoms with van der Waals surface area (Å²) in [6.07, 6.45) is 0. The van der Waals surface area contributed by atoms with Gasteiger partial charge in [0.1, 0.15) is 0 Å². The normalized spacial score (nSPS) is 12.6. The number of carbonyl (C=O) groups excluding carboxylic acids is 1. The highest BCUT2D eigenvalue weighted by atomic mass is 16.1. The first-order valence-corrected chi connectivity index (χ1v) is 5.93. The van der Waals surface area contributed by atoms with Gasteiger partial charge in [-0.3, -0.25) is 4.79 Å². The molecule has 18 heavy (non-hydrogen) atoms. The molecule has 0 aromatic heterocycles. The SMILES string of the molecule is CC(CN)C(=O)Nc1ccc(C(C)(C)C#N)cc1. The van der Waals surface area contributed by atoms with Gasteiger partial charge in [0.05, 0.1) is 11.5 Å². The van der Waals surface area contributed by atoms with Gasteiger partial charge in [0.2, 0.25) is 5.91 Å². The van der Waals surface area contributed by atoms with Gasteiger partial charge in [0.15, 0.2) is 0 Å². The molecule has 1 unspecified atom stereocenters. The highest BCUT2D eigenvalue weighted by molar-refractivity contribution is 5.92. The van der Waals surface area contributed by atoms with Crippen LogP contribution in [0.4, 0.5) is 5.69 Å². The van der Waals surface area contributed by atoms with Crippen LogP contribution in [0.15, 0.2) is 24.3 Å². The lowest BCUT2D eigenvalue weighted by atomic mass is 9.86. The fraction of sp³-hybridized carbons (Fsp3) is 0.429. The molecule has 4 nitrogen and oxygen atoms in total. The Kier molecular flexibility index (Phi) is 4.46. The van der Waals surface area contributed by atoms with Crippen molar-refractivity contribution in [1.82, 2.24) is 0 Å². The minimum absolute atomic E-state index is 0.0928. The van der Waals surface area contributed by atoms with Gasteiger partial charge >= 0.3 is 0 Å². The summed E-state index contributed by atoms with van der Waals surface area (Å²) in [5.41, 5.74) is 6.55. The summed E-state index contributed by atoms with van der Waals surface area (Å²) in [5.74, 6) is -0.301. The van der Waals surface area contributed by atoms with Gasteiger partial charge in [-0.25, -0.2) is 0 Å². The Morgan fingerprint density at radius 1 is 1.44 bits per heavy atom. The van der Waals surface area contributed by atoms with Crippen LogP contribution in [0.3, 0.4) is 0 Å². The zero-order valence-electron chi connectivity index (χ0n) is 11.0. The topological polar surface area (TPSA) is 78.9 Å². The molecule has 1 aromatic carbocycles. The van der Waals surface area contributed by atoms with E-state index < -0.39 is 5.41 Å². The molecule has 0 heterocycles. The maximum absolute atomic E-state index is 11.6. The van der Waals surface area contributed by atoms with E-state index >= 15 is 0 Å². The lowest BCUT2D eigenvalue weighted by Crippen LogP contribution is -2.26. The Morgan fingerprint density at radius 3 is 2.44 bits per heavy atom. The molecule has 0 aliphatic rings. The molecule has 0 radical (unpaired) electrons. The van der Waals surface area contributed by atoms with Crippen molar-refractivity contribution in [3.63, 3.8) is 0 Å². The standard InChI is InChI=1S/C14H19N3O/c1-10(8-15)13(18)17-12-6-4-11(5-7-12)14(2,3)9-16/h4-7,10H,8,15H2,1-3H3,(H,17,18). The fourth-order valence-electron chi connectivity index (χ4n) is 1.41. The second-order valence-corrected chi connectivity index (χ2v) is 4.94. The molecular weight excluding hydrogens is 226 g/mol.